The molecular formula is C19H20N4O2. The van der Waals surface area contributed by atoms with Crippen LogP contribution in [0.25, 0.3) is 0 Å². The van der Waals surface area contributed by atoms with Crippen molar-refractivity contribution in [2.24, 2.45) is 5.92 Å². The molecule has 0 radical (unpaired) electrons. The van der Waals surface area contributed by atoms with Crippen molar-refractivity contribution in [3.05, 3.63) is 71.7 Å². The number of furan rings is 1. The van der Waals surface area contributed by atoms with Crippen LogP contribution in [0.2, 0.25) is 0 Å². The topological polar surface area (TPSA) is 75.0 Å². The molecule has 1 atom stereocenters. The summed E-state index contributed by atoms with van der Waals surface area (Å²) in [5.41, 5.74) is 3.33. The second-order valence-corrected chi connectivity index (χ2v) is 6.45. The van der Waals surface area contributed by atoms with Crippen molar-refractivity contribution in [1.82, 2.24) is 20.1 Å². The zero-order valence-electron chi connectivity index (χ0n) is 13.9. The zero-order valence-corrected chi connectivity index (χ0v) is 13.9. The number of hydrogen-bond acceptors (Lipinski definition) is 4. The summed E-state index contributed by atoms with van der Waals surface area (Å²) >= 11 is 0. The lowest BCUT2D eigenvalue weighted by Crippen LogP contribution is -2.37. The van der Waals surface area contributed by atoms with E-state index in [-0.39, 0.29) is 11.8 Å². The van der Waals surface area contributed by atoms with Gasteiger partial charge >= 0.3 is 0 Å². The van der Waals surface area contributed by atoms with Crippen molar-refractivity contribution in [2.75, 3.05) is 0 Å². The lowest BCUT2D eigenvalue weighted by atomic mass is 9.87. The van der Waals surface area contributed by atoms with E-state index in [1.54, 1.807) is 18.7 Å². The summed E-state index contributed by atoms with van der Waals surface area (Å²) in [5.74, 6) is 0.912. The third-order valence-corrected chi connectivity index (χ3v) is 4.70. The molecule has 3 heterocycles. The van der Waals surface area contributed by atoms with E-state index >= 15 is 0 Å². The van der Waals surface area contributed by atoms with Gasteiger partial charge in [0.1, 0.15) is 5.76 Å². The van der Waals surface area contributed by atoms with Crippen molar-refractivity contribution in [2.45, 2.75) is 32.4 Å². The monoisotopic (exact) mass is 336 g/mol. The van der Waals surface area contributed by atoms with Crippen LogP contribution in [0.5, 0.6) is 0 Å². The number of rotatable bonds is 5. The maximum atomic E-state index is 13.2. The molecule has 0 fully saturated rings. The second-order valence-electron chi connectivity index (χ2n) is 6.45. The SMILES string of the molecule is O=C(C1CCc2cn[nH]c2C1)N(Cc1cccnc1)Cc1ccco1. The molecule has 1 aliphatic carbocycles. The van der Waals surface area contributed by atoms with E-state index in [9.17, 15) is 4.79 Å². The van der Waals surface area contributed by atoms with Gasteiger partial charge in [0.05, 0.1) is 19.0 Å². The first kappa shape index (κ1) is 15.6. The average Bonchev–Trinajstić information content (AvgIpc) is 3.32. The number of hydrogen-bond donors (Lipinski definition) is 1. The van der Waals surface area contributed by atoms with Gasteiger partial charge in [-0.1, -0.05) is 6.07 Å². The molecule has 3 aromatic heterocycles. The highest BCUT2D eigenvalue weighted by molar-refractivity contribution is 5.79. The standard InChI is InChI=1S/C19H20N4O2/c24-19(15-5-6-16-11-21-22-18(16)9-15)23(13-17-4-2-8-25-17)12-14-3-1-7-20-10-14/h1-4,7-8,10-11,15H,5-6,9,12-13H2,(H,21,22). The highest BCUT2D eigenvalue weighted by atomic mass is 16.3. The van der Waals surface area contributed by atoms with Gasteiger partial charge in [0.15, 0.2) is 0 Å². The smallest absolute Gasteiger partial charge is 0.226 e. The summed E-state index contributed by atoms with van der Waals surface area (Å²) in [4.78, 5) is 19.2. The van der Waals surface area contributed by atoms with E-state index in [4.69, 9.17) is 4.42 Å². The van der Waals surface area contributed by atoms with Gasteiger partial charge in [-0.25, -0.2) is 0 Å². The Morgan fingerprint density at radius 1 is 1.28 bits per heavy atom. The number of carbonyl (C=O) groups excluding carboxylic acids is 1. The molecule has 1 unspecified atom stereocenters. The maximum absolute atomic E-state index is 13.2. The van der Waals surface area contributed by atoms with E-state index in [1.165, 1.54) is 5.56 Å². The van der Waals surface area contributed by atoms with Gasteiger partial charge in [0.25, 0.3) is 0 Å². The molecule has 0 bridgehead atoms. The predicted molar refractivity (Wildman–Crippen MR) is 91.3 cm³/mol. The third-order valence-electron chi connectivity index (χ3n) is 4.70. The third kappa shape index (κ3) is 3.47. The van der Waals surface area contributed by atoms with E-state index < -0.39 is 0 Å². The van der Waals surface area contributed by atoms with Crippen LogP contribution in [0.15, 0.2) is 53.5 Å². The van der Waals surface area contributed by atoms with Gasteiger partial charge in [-0.2, -0.15) is 5.10 Å². The molecule has 6 nitrogen and oxygen atoms in total. The molecule has 0 aromatic carbocycles. The number of aromatic nitrogens is 3. The summed E-state index contributed by atoms with van der Waals surface area (Å²) < 4.78 is 5.46. The summed E-state index contributed by atoms with van der Waals surface area (Å²) in [6.45, 7) is 0.993. The Hall–Kier alpha value is -2.89. The Morgan fingerprint density at radius 2 is 2.24 bits per heavy atom. The van der Waals surface area contributed by atoms with Crippen LogP contribution < -0.4 is 0 Å². The van der Waals surface area contributed by atoms with E-state index in [0.717, 1.165) is 36.3 Å². The van der Waals surface area contributed by atoms with Crippen molar-refractivity contribution < 1.29 is 9.21 Å². The first-order chi connectivity index (χ1) is 12.3. The minimum Gasteiger partial charge on any atom is -0.467 e. The highest BCUT2D eigenvalue weighted by Crippen LogP contribution is 2.26. The van der Waals surface area contributed by atoms with Crippen molar-refractivity contribution in [3.63, 3.8) is 0 Å². The molecule has 3 aromatic rings. The summed E-state index contributed by atoms with van der Waals surface area (Å²) in [6, 6.07) is 7.63. The highest BCUT2D eigenvalue weighted by Gasteiger charge is 2.29. The fraction of sp³-hybridized carbons (Fsp3) is 0.316. The van der Waals surface area contributed by atoms with Gasteiger partial charge in [0.2, 0.25) is 5.91 Å². The number of fused-ring (bicyclic) bond motifs is 1. The fourth-order valence-corrected chi connectivity index (χ4v) is 3.39. The molecule has 0 spiro atoms. The minimum absolute atomic E-state index is 0.0282. The summed E-state index contributed by atoms with van der Waals surface area (Å²) in [5, 5.41) is 7.13. The Kier molecular flexibility index (Phi) is 4.33. The van der Waals surface area contributed by atoms with Crippen LogP contribution >= 0.6 is 0 Å². The number of pyridine rings is 1. The second kappa shape index (κ2) is 6.93. The van der Waals surface area contributed by atoms with Crippen molar-refractivity contribution in [1.29, 1.82) is 0 Å². The molecule has 1 N–H and O–H groups in total. The molecular weight excluding hydrogens is 316 g/mol. The van der Waals surface area contributed by atoms with E-state index in [2.05, 4.69) is 15.2 Å². The van der Waals surface area contributed by atoms with Crippen molar-refractivity contribution in [3.8, 4) is 0 Å². The number of aryl methyl sites for hydroxylation is 1. The van der Waals surface area contributed by atoms with Gasteiger partial charge in [-0.05, 0) is 42.2 Å². The summed E-state index contributed by atoms with van der Waals surface area (Å²) in [7, 11) is 0. The van der Waals surface area contributed by atoms with Gasteiger partial charge in [0, 0.05) is 37.0 Å². The average molecular weight is 336 g/mol. The van der Waals surface area contributed by atoms with Crippen LogP contribution in [0.4, 0.5) is 0 Å². The van der Waals surface area contributed by atoms with E-state index in [0.29, 0.717) is 13.1 Å². The molecule has 0 saturated heterocycles. The number of amides is 1. The van der Waals surface area contributed by atoms with Crippen molar-refractivity contribution >= 4 is 5.91 Å². The largest absolute Gasteiger partial charge is 0.467 e. The number of nitrogens with one attached hydrogen (secondary N) is 1. The van der Waals surface area contributed by atoms with Crippen LogP contribution in [0.1, 0.15) is 29.0 Å². The number of H-pyrrole nitrogens is 1. The molecule has 4 rings (SSSR count). The predicted octanol–water partition coefficient (Wildman–Crippen LogP) is 2.73. The Labute approximate surface area is 145 Å². The zero-order chi connectivity index (χ0) is 17.1. The molecule has 0 aliphatic heterocycles. The van der Waals surface area contributed by atoms with Gasteiger partial charge < -0.3 is 9.32 Å². The molecule has 0 saturated carbocycles. The van der Waals surface area contributed by atoms with Gasteiger partial charge in [-0.15, -0.1) is 0 Å². The maximum Gasteiger partial charge on any atom is 0.226 e. The normalized spacial score (nSPS) is 16.4. The quantitative estimate of drug-likeness (QED) is 0.777. The van der Waals surface area contributed by atoms with Crippen LogP contribution in [0, 0.1) is 5.92 Å². The number of nitrogens with zero attached hydrogens (tertiary/aromatic N) is 3. The molecule has 6 heteroatoms. The number of carbonyl (C=O) groups is 1. The number of aromatic amines is 1. The molecule has 25 heavy (non-hydrogen) atoms. The van der Waals surface area contributed by atoms with Crippen LogP contribution in [-0.2, 0) is 30.7 Å². The fourth-order valence-electron chi connectivity index (χ4n) is 3.39. The Bertz CT molecular complexity index is 826. The molecule has 128 valence electrons. The molecule has 1 aliphatic rings. The van der Waals surface area contributed by atoms with Gasteiger partial charge in [-0.3, -0.25) is 14.9 Å². The lowest BCUT2D eigenvalue weighted by molar-refractivity contribution is -0.137. The Morgan fingerprint density at radius 3 is 3.04 bits per heavy atom. The first-order valence-corrected chi connectivity index (χ1v) is 8.51. The Balaban J connectivity index is 1.53. The van der Waals surface area contributed by atoms with Crippen LogP contribution in [-0.4, -0.2) is 26.0 Å². The lowest BCUT2D eigenvalue weighted by Gasteiger charge is -2.28. The minimum atomic E-state index is -0.0282. The van der Waals surface area contributed by atoms with E-state index in [1.807, 2.05) is 35.4 Å². The molecule has 1 amide bonds. The first-order valence-electron chi connectivity index (χ1n) is 8.51. The van der Waals surface area contributed by atoms with Crippen LogP contribution in [0.3, 0.4) is 0 Å². The summed E-state index contributed by atoms with van der Waals surface area (Å²) in [6.07, 6.45) is 9.51.